The minimum absolute atomic E-state index is 0.0116. The van der Waals surface area contributed by atoms with Crippen molar-refractivity contribution >= 4 is 17.7 Å². The zero-order valence-corrected chi connectivity index (χ0v) is 19.0. The van der Waals surface area contributed by atoms with Crippen LogP contribution in [0, 0.1) is 17.6 Å². The van der Waals surface area contributed by atoms with Gasteiger partial charge in [-0.2, -0.15) is 8.78 Å². The molecule has 0 spiro atoms. The Hall–Kier alpha value is -2.02. The summed E-state index contributed by atoms with van der Waals surface area (Å²) in [6, 6.07) is 11.1. The molecule has 2 aromatic rings. The summed E-state index contributed by atoms with van der Waals surface area (Å²) in [6.07, 6.45) is 8.73. The summed E-state index contributed by atoms with van der Waals surface area (Å²) in [4.78, 5) is 9.89. The van der Waals surface area contributed by atoms with Crippen LogP contribution in [0.1, 0.15) is 80.1 Å². The molecule has 1 N–H and O–H groups in total. The normalized spacial score (nSPS) is 18.2. The first-order valence-electron chi connectivity index (χ1n) is 11.0. The first-order valence-corrected chi connectivity index (χ1v) is 11.9. The zero-order chi connectivity index (χ0) is 23.5. The Morgan fingerprint density at radius 2 is 1.66 bits per heavy atom. The number of rotatable bonds is 8. The van der Waals surface area contributed by atoms with Crippen molar-refractivity contribution in [3.63, 3.8) is 0 Å². The molecule has 1 saturated carbocycles. The van der Waals surface area contributed by atoms with Crippen molar-refractivity contribution in [3.05, 3.63) is 65.2 Å². The summed E-state index contributed by atoms with van der Waals surface area (Å²) in [7, 11) is 0. The number of thioether (sulfide) groups is 1. The third-order valence-electron chi connectivity index (χ3n) is 5.82. The van der Waals surface area contributed by atoms with Crippen molar-refractivity contribution in [3.8, 4) is 0 Å². The molecule has 0 saturated heterocycles. The van der Waals surface area contributed by atoms with E-state index >= 15 is 0 Å². The van der Waals surface area contributed by atoms with Crippen LogP contribution in [0.5, 0.6) is 0 Å². The molecule has 7 heteroatoms. The monoisotopic (exact) mass is 470 g/mol. The first kappa shape index (κ1) is 26.2. The number of benzene rings is 2. The van der Waals surface area contributed by atoms with Gasteiger partial charge in [-0.15, -0.1) is 0 Å². The second-order valence-electron chi connectivity index (χ2n) is 8.04. The molecule has 0 atom stereocenters. The van der Waals surface area contributed by atoms with E-state index in [4.69, 9.17) is 5.11 Å². The van der Waals surface area contributed by atoms with Gasteiger partial charge in [-0.1, -0.05) is 68.6 Å². The van der Waals surface area contributed by atoms with Gasteiger partial charge in [0.2, 0.25) is 0 Å². The Morgan fingerprint density at radius 1 is 1.00 bits per heavy atom. The Balaban J connectivity index is 0.000000336. The fourth-order valence-electron chi connectivity index (χ4n) is 4.07. The van der Waals surface area contributed by atoms with E-state index in [1.165, 1.54) is 37.8 Å². The Kier molecular flexibility index (Phi) is 11.1. The lowest BCUT2D eigenvalue weighted by Gasteiger charge is -2.29. The van der Waals surface area contributed by atoms with Crippen molar-refractivity contribution in [2.75, 3.05) is 0 Å². The SMILES string of the molecule is CCCCC[C@H]1CC[C@H](c2ccc(SC(F)F)c(F)c2F)CC1.O=C(O)c1ccccc1. The second kappa shape index (κ2) is 13.5. The Bertz CT molecular complexity index is 837. The molecule has 0 bridgehead atoms. The predicted octanol–water partition coefficient (Wildman–Crippen LogP) is 8.52. The number of halogens is 4. The molecule has 176 valence electrons. The predicted molar refractivity (Wildman–Crippen MR) is 120 cm³/mol. The molecule has 0 amide bonds. The maximum absolute atomic E-state index is 14.2. The van der Waals surface area contributed by atoms with Gasteiger partial charge in [0.05, 0.1) is 10.5 Å². The maximum atomic E-state index is 14.2. The lowest BCUT2D eigenvalue weighted by atomic mass is 9.77. The number of aromatic carboxylic acids is 1. The van der Waals surface area contributed by atoms with Gasteiger partial charge >= 0.3 is 5.97 Å². The smallest absolute Gasteiger partial charge is 0.335 e. The number of unbranched alkanes of at least 4 members (excludes halogenated alkanes) is 2. The van der Waals surface area contributed by atoms with E-state index < -0.39 is 23.4 Å². The van der Waals surface area contributed by atoms with Crippen LogP contribution in [-0.4, -0.2) is 16.8 Å². The molecule has 32 heavy (non-hydrogen) atoms. The van der Waals surface area contributed by atoms with Crippen LogP contribution in [0.2, 0.25) is 0 Å². The van der Waals surface area contributed by atoms with Crippen molar-refractivity contribution in [1.29, 1.82) is 0 Å². The highest BCUT2D eigenvalue weighted by atomic mass is 32.2. The molecule has 0 unspecified atom stereocenters. The average molecular weight is 471 g/mol. The van der Waals surface area contributed by atoms with Crippen molar-refractivity contribution in [2.24, 2.45) is 5.92 Å². The summed E-state index contributed by atoms with van der Waals surface area (Å²) < 4.78 is 52.8. The van der Waals surface area contributed by atoms with E-state index in [2.05, 4.69) is 6.92 Å². The van der Waals surface area contributed by atoms with E-state index in [0.717, 1.165) is 25.7 Å². The highest BCUT2D eigenvalue weighted by Crippen LogP contribution is 2.40. The molecule has 0 radical (unpaired) electrons. The van der Waals surface area contributed by atoms with E-state index in [9.17, 15) is 22.4 Å². The van der Waals surface area contributed by atoms with Crippen LogP contribution in [0.25, 0.3) is 0 Å². The van der Waals surface area contributed by atoms with Gasteiger partial charge in [0.15, 0.2) is 11.6 Å². The van der Waals surface area contributed by atoms with Crippen LogP contribution >= 0.6 is 11.8 Å². The van der Waals surface area contributed by atoms with Gasteiger partial charge in [0.25, 0.3) is 5.76 Å². The highest BCUT2D eigenvalue weighted by molar-refractivity contribution is 7.99. The van der Waals surface area contributed by atoms with Crippen LogP contribution in [0.4, 0.5) is 17.6 Å². The minimum atomic E-state index is -2.74. The van der Waals surface area contributed by atoms with E-state index in [1.54, 1.807) is 30.3 Å². The molecule has 3 rings (SSSR count). The fourth-order valence-corrected chi connectivity index (χ4v) is 4.61. The van der Waals surface area contributed by atoms with Crippen LogP contribution in [0.15, 0.2) is 47.4 Å². The quantitative estimate of drug-likeness (QED) is 0.239. The third-order valence-corrected chi connectivity index (χ3v) is 6.56. The standard InChI is InChI=1S/C18H24F4S.C7H6O2/c1-2-3-4-5-12-6-8-13(9-7-12)14-10-11-15(23-18(21)22)17(20)16(14)19;8-7(9)6-4-2-1-3-5-6/h10-13,18H,2-9H2,1H3;1-5H,(H,8,9)/t12-,13-;. The zero-order valence-electron chi connectivity index (χ0n) is 18.2. The van der Waals surface area contributed by atoms with Crippen LogP contribution in [-0.2, 0) is 0 Å². The Morgan fingerprint density at radius 3 is 2.19 bits per heavy atom. The molecule has 1 fully saturated rings. The van der Waals surface area contributed by atoms with E-state index in [-0.39, 0.29) is 22.6 Å². The lowest BCUT2D eigenvalue weighted by Crippen LogP contribution is -2.15. The number of carbonyl (C=O) groups is 1. The highest BCUT2D eigenvalue weighted by Gasteiger charge is 2.26. The van der Waals surface area contributed by atoms with Crippen molar-refractivity contribution in [2.45, 2.75) is 74.9 Å². The second-order valence-corrected chi connectivity index (χ2v) is 9.08. The van der Waals surface area contributed by atoms with Gasteiger partial charge in [0, 0.05) is 0 Å². The molecular weight excluding hydrogens is 440 g/mol. The summed E-state index contributed by atoms with van der Waals surface area (Å²) in [6.45, 7) is 2.18. The van der Waals surface area contributed by atoms with E-state index in [0.29, 0.717) is 17.0 Å². The first-order chi connectivity index (χ1) is 15.3. The summed E-state index contributed by atoms with van der Waals surface area (Å²) >= 11 is 0.0578. The average Bonchev–Trinajstić information content (AvgIpc) is 2.79. The maximum Gasteiger partial charge on any atom is 0.335 e. The molecule has 1 aliphatic carbocycles. The van der Waals surface area contributed by atoms with Gasteiger partial charge in [-0.05, 0) is 61.3 Å². The summed E-state index contributed by atoms with van der Waals surface area (Å²) in [5.41, 5.74) is 0.686. The lowest BCUT2D eigenvalue weighted by molar-refractivity contribution is 0.0697. The fraction of sp³-hybridized carbons (Fsp3) is 0.480. The third kappa shape index (κ3) is 8.15. The van der Waals surface area contributed by atoms with Gasteiger partial charge in [-0.3, -0.25) is 0 Å². The van der Waals surface area contributed by atoms with Gasteiger partial charge < -0.3 is 5.11 Å². The number of carboxylic acid groups (broad SMARTS) is 1. The molecule has 0 aromatic heterocycles. The van der Waals surface area contributed by atoms with Gasteiger partial charge in [0.1, 0.15) is 0 Å². The van der Waals surface area contributed by atoms with Gasteiger partial charge in [-0.25, -0.2) is 13.6 Å². The van der Waals surface area contributed by atoms with E-state index in [1.807, 2.05) is 0 Å². The minimum Gasteiger partial charge on any atom is -0.478 e. The molecule has 2 nitrogen and oxygen atoms in total. The topological polar surface area (TPSA) is 37.3 Å². The Labute approximate surface area is 191 Å². The van der Waals surface area contributed by atoms with Crippen molar-refractivity contribution in [1.82, 2.24) is 0 Å². The molecular formula is C25H30F4O2S. The molecule has 2 aromatic carbocycles. The summed E-state index contributed by atoms with van der Waals surface area (Å²) in [5, 5.41) is 8.38. The number of alkyl halides is 2. The largest absolute Gasteiger partial charge is 0.478 e. The number of hydrogen-bond donors (Lipinski definition) is 1. The number of hydrogen-bond acceptors (Lipinski definition) is 2. The molecule has 0 heterocycles. The van der Waals surface area contributed by atoms with Crippen LogP contribution < -0.4 is 0 Å². The summed E-state index contributed by atoms with van der Waals surface area (Å²) in [5.74, 6) is -4.98. The molecule has 1 aliphatic rings. The van der Waals surface area contributed by atoms with Crippen molar-refractivity contribution < 1.29 is 27.5 Å². The molecule has 0 aliphatic heterocycles. The number of carboxylic acids is 1. The van der Waals surface area contributed by atoms with Crippen LogP contribution in [0.3, 0.4) is 0 Å².